The van der Waals surface area contributed by atoms with E-state index in [0.717, 1.165) is 12.2 Å². The summed E-state index contributed by atoms with van der Waals surface area (Å²) in [6.07, 6.45) is 0.827. The molecule has 0 aliphatic carbocycles. The van der Waals surface area contributed by atoms with E-state index in [9.17, 15) is 4.79 Å². The highest BCUT2D eigenvalue weighted by Gasteiger charge is 2.04. The third-order valence-electron chi connectivity index (χ3n) is 3.39. The molecule has 0 atom stereocenters. The number of likely N-dealkylation sites (N-methyl/N-ethyl adjacent to an activating group) is 1. The van der Waals surface area contributed by atoms with Crippen molar-refractivity contribution in [3.63, 3.8) is 0 Å². The Kier molecular flexibility index (Phi) is 13.7. The number of guanidine groups is 1. The number of carbonyl (C=O) groups is 1. The molecular formula is C18H31IN4O3. The van der Waals surface area contributed by atoms with E-state index in [1.54, 1.807) is 21.2 Å². The van der Waals surface area contributed by atoms with Crippen molar-refractivity contribution in [3.05, 3.63) is 29.8 Å². The number of hydrogen-bond acceptors (Lipinski definition) is 4. The summed E-state index contributed by atoms with van der Waals surface area (Å²) in [5.74, 6) is 1.44. The summed E-state index contributed by atoms with van der Waals surface area (Å²) in [4.78, 5) is 17.5. The third kappa shape index (κ3) is 10.4. The topological polar surface area (TPSA) is 75.2 Å². The van der Waals surface area contributed by atoms with Gasteiger partial charge < -0.3 is 25.0 Å². The Morgan fingerprint density at radius 3 is 2.62 bits per heavy atom. The van der Waals surface area contributed by atoms with Crippen molar-refractivity contribution in [1.29, 1.82) is 0 Å². The fourth-order valence-corrected chi connectivity index (χ4v) is 2.02. The number of aliphatic imine (C=N–C) groups is 1. The van der Waals surface area contributed by atoms with Crippen LogP contribution in [0.2, 0.25) is 0 Å². The quantitative estimate of drug-likeness (QED) is 0.231. The summed E-state index contributed by atoms with van der Waals surface area (Å²) in [6, 6.07) is 8.04. The smallest absolute Gasteiger partial charge is 0.243 e. The molecule has 0 aliphatic heterocycles. The van der Waals surface area contributed by atoms with Crippen LogP contribution in [0.5, 0.6) is 5.75 Å². The molecule has 8 heteroatoms. The summed E-state index contributed by atoms with van der Waals surface area (Å²) in [6.45, 7) is 4.62. The van der Waals surface area contributed by atoms with Crippen LogP contribution in [0, 0.1) is 0 Å². The van der Waals surface area contributed by atoms with Gasteiger partial charge in [0.1, 0.15) is 12.3 Å². The summed E-state index contributed by atoms with van der Waals surface area (Å²) < 4.78 is 10.5. The number of hydrogen-bond donors (Lipinski definition) is 2. The number of ether oxygens (including phenoxy) is 2. The molecule has 0 aliphatic rings. The minimum atomic E-state index is -0.0442. The number of halogens is 1. The molecule has 1 amide bonds. The van der Waals surface area contributed by atoms with Crippen molar-refractivity contribution in [1.82, 2.24) is 15.5 Å². The summed E-state index contributed by atoms with van der Waals surface area (Å²) in [7, 11) is 5.08. The molecule has 1 aromatic rings. The molecule has 0 bridgehead atoms. The Morgan fingerprint density at radius 2 is 1.96 bits per heavy atom. The zero-order valence-electron chi connectivity index (χ0n) is 16.1. The minimum Gasteiger partial charge on any atom is -0.494 e. The van der Waals surface area contributed by atoms with Gasteiger partial charge >= 0.3 is 0 Å². The van der Waals surface area contributed by atoms with E-state index in [2.05, 4.69) is 21.7 Å². The van der Waals surface area contributed by atoms with Gasteiger partial charge in [-0.05, 0) is 31.0 Å². The van der Waals surface area contributed by atoms with Crippen molar-refractivity contribution in [2.45, 2.75) is 13.3 Å². The molecule has 0 saturated heterocycles. The summed E-state index contributed by atoms with van der Waals surface area (Å²) in [5, 5.41) is 6.40. The lowest BCUT2D eigenvalue weighted by molar-refractivity contribution is -0.127. The van der Waals surface area contributed by atoms with E-state index >= 15 is 0 Å². The first-order valence-electron chi connectivity index (χ1n) is 8.49. The number of amides is 1. The van der Waals surface area contributed by atoms with Crippen LogP contribution in [0.15, 0.2) is 29.3 Å². The van der Waals surface area contributed by atoms with Crippen LogP contribution in [-0.4, -0.2) is 70.8 Å². The van der Waals surface area contributed by atoms with Crippen molar-refractivity contribution in [2.75, 3.05) is 54.1 Å². The molecule has 0 aromatic heterocycles. The van der Waals surface area contributed by atoms with E-state index in [4.69, 9.17) is 9.47 Å². The summed E-state index contributed by atoms with van der Waals surface area (Å²) in [5.41, 5.74) is 1.18. The van der Waals surface area contributed by atoms with Crippen LogP contribution in [0.4, 0.5) is 0 Å². The van der Waals surface area contributed by atoms with Gasteiger partial charge in [0.15, 0.2) is 5.96 Å². The van der Waals surface area contributed by atoms with Crippen molar-refractivity contribution < 1.29 is 14.3 Å². The van der Waals surface area contributed by atoms with Crippen LogP contribution in [-0.2, 0) is 16.0 Å². The lowest BCUT2D eigenvalue weighted by Crippen LogP contribution is -2.40. The van der Waals surface area contributed by atoms with Gasteiger partial charge in [-0.25, -0.2) is 4.99 Å². The highest BCUT2D eigenvalue weighted by molar-refractivity contribution is 14.0. The van der Waals surface area contributed by atoms with E-state index in [1.807, 2.05) is 25.1 Å². The minimum absolute atomic E-state index is 0. The maximum absolute atomic E-state index is 11.7. The van der Waals surface area contributed by atoms with E-state index in [1.165, 1.54) is 10.5 Å². The fourth-order valence-electron chi connectivity index (χ4n) is 2.02. The molecule has 2 N–H and O–H groups in total. The Labute approximate surface area is 173 Å². The molecule has 26 heavy (non-hydrogen) atoms. The number of nitrogens with one attached hydrogen (secondary N) is 2. The molecule has 0 saturated carbocycles. The molecule has 1 rings (SSSR count). The van der Waals surface area contributed by atoms with Crippen molar-refractivity contribution in [3.8, 4) is 5.75 Å². The second-order valence-electron chi connectivity index (χ2n) is 5.63. The van der Waals surface area contributed by atoms with E-state index < -0.39 is 0 Å². The first-order valence-corrected chi connectivity index (χ1v) is 8.49. The zero-order chi connectivity index (χ0) is 18.5. The monoisotopic (exact) mass is 478 g/mol. The van der Waals surface area contributed by atoms with Crippen molar-refractivity contribution >= 4 is 35.8 Å². The standard InChI is InChI=1S/C18H30N4O3.HI/c1-5-25-16-8-6-7-15(13-16)9-10-19-18(20-11-12-24-4)21-14-17(23)22(2)3;/h6-8,13H,5,9-12,14H2,1-4H3,(H2,19,20,21);1H. The Balaban J connectivity index is 0.00000625. The lowest BCUT2D eigenvalue weighted by Gasteiger charge is -2.14. The van der Waals surface area contributed by atoms with Crippen LogP contribution < -0.4 is 15.4 Å². The predicted octanol–water partition coefficient (Wildman–Crippen LogP) is 1.52. The van der Waals surface area contributed by atoms with E-state index in [-0.39, 0.29) is 36.4 Å². The molecule has 0 heterocycles. The summed E-state index contributed by atoms with van der Waals surface area (Å²) >= 11 is 0. The number of rotatable bonds is 10. The van der Waals surface area contributed by atoms with Gasteiger partial charge in [-0.3, -0.25) is 4.79 Å². The van der Waals surface area contributed by atoms with E-state index in [0.29, 0.717) is 32.3 Å². The highest BCUT2D eigenvalue weighted by atomic mass is 127. The Bertz CT molecular complexity index is 553. The van der Waals surface area contributed by atoms with Gasteiger partial charge in [0.25, 0.3) is 0 Å². The zero-order valence-corrected chi connectivity index (χ0v) is 18.4. The predicted molar refractivity (Wildman–Crippen MR) is 116 cm³/mol. The molecule has 0 radical (unpaired) electrons. The first kappa shape index (κ1) is 24.5. The number of benzene rings is 1. The molecule has 0 unspecified atom stereocenters. The van der Waals surface area contributed by atoms with Gasteiger partial charge in [-0.15, -0.1) is 24.0 Å². The molecular weight excluding hydrogens is 447 g/mol. The molecule has 148 valence electrons. The molecule has 1 aromatic carbocycles. The molecule has 0 spiro atoms. The average Bonchev–Trinajstić information content (AvgIpc) is 2.59. The number of carbonyl (C=O) groups excluding carboxylic acids is 1. The normalized spacial score (nSPS) is 10.7. The highest BCUT2D eigenvalue weighted by Crippen LogP contribution is 2.13. The molecule has 7 nitrogen and oxygen atoms in total. The second-order valence-corrected chi connectivity index (χ2v) is 5.63. The van der Waals surface area contributed by atoms with Gasteiger partial charge in [-0.2, -0.15) is 0 Å². The van der Waals surface area contributed by atoms with Crippen LogP contribution in [0.25, 0.3) is 0 Å². The van der Waals surface area contributed by atoms with Crippen LogP contribution in [0.3, 0.4) is 0 Å². The van der Waals surface area contributed by atoms with Gasteiger partial charge in [0, 0.05) is 34.3 Å². The lowest BCUT2D eigenvalue weighted by atomic mass is 10.1. The largest absolute Gasteiger partial charge is 0.494 e. The third-order valence-corrected chi connectivity index (χ3v) is 3.39. The average molecular weight is 478 g/mol. The van der Waals surface area contributed by atoms with Crippen LogP contribution in [0.1, 0.15) is 12.5 Å². The maximum atomic E-state index is 11.7. The number of methoxy groups -OCH3 is 1. The molecule has 0 fully saturated rings. The second kappa shape index (κ2) is 14.6. The van der Waals surface area contributed by atoms with Crippen LogP contribution >= 0.6 is 24.0 Å². The first-order chi connectivity index (χ1) is 12.1. The Hall–Kier alpha value is -1.55. The fraction of sp³-hybridized carbons (Fsp3) is 0.556. The van der Waals surface area contributed by atoms with Gasteiger partial charge in [0.2, 0.25) is 5.91 Å². The Morgan fingerprint density at radius 1 is 1.23 bits per heavy atom. The van der Waals surface area contributed by atoms with Gasteiger partial charge in [-0.1, -0.05) is 12.1 Å². The number of nitrogens with zero attached hydrogens (tertiary/aromatic N) is 2. The van der Waals surface area contributed by atoms with Gasteiger partial charge in [0.05, 0.1) is 13.2 Å². The SMILES string of the molecule is CCOc1cccc(CCNC(=NCC(=O)N(C)C)NCCOC)c1.I. The van der Waals surface area contributed by atoms with Crippen molar-refractivity contribution in [2.24, 2.45) is 4.99 Å². The maximum Gasteiger partial charge on any atom is 0.243 e.